The first-order valence-electron chi connectivity index (χ1n) is 36.9. The summed E-state index contributed by atoms with van der Waals surface area (Å²) in [6.07, 6.45) is -54.5. The first-order chi connectivity index (χ1) is 49.8. The summed E-state index contributed by atoms with van der Waals surface area (Å²) in [4.78, 5) is 44.5. The number of allylic oxidation sites excluding steroid dienone is 2. The molecule has 19 N–H and O–H groups in total. The normalized spacial score (nSPS) is 54.6. The molecular formula is C70H110O36. The molecule has 606 valence electrons. The molecule has 0 amide bonds. The molecule has 0 aromatic heterocycles. The number of hydrogen-bond acceptors (Lipinski definition) is 36. The monoisotopic (exact) mass is 1530 g/mol. The number of hydrogen-bond donors (Lipinski definition) is 19. The summed E-state index contributed by atoms with van der Waals surface area (Å²) >= 11 is 0. The maximum absolute atomic E-state index is 15.5. The lowest BCUT2D eigenvalue weighted by Crippen LogP contribution is -2.69. The molecule has 0 aromatic carbocycles. The van der Waals surface area contributed by atoms with Crippen LogP contribution in [0.4, 0.5) is 0 Å². The highest BCUT2D eigenvalue weighted by Gasteiger charge is 2.72. The van der Waals surface area contributed by atoms with Crippen LogP contribution in [-0.2, 0) is 80.7 Å². The first kappa shape index (κ1) is 82.6. The number of aldehydes is 1. The van der Waals surface area contributed by atoms with Crippen molar-refractivity contribution in [2.45, 2.75) is 328 Å². The van der Waals surface area contributed by atoms with Crippen molar-refractivity contribution in [3.05, 3.63) is 11.6 Å². The molecule has 36 heteroatoms. The second-order valence-electron chi connectivity index (χ2n) is 33.5. The van der Waals surface area contributed by atoms with Gasteiger partial charge in [-0.2, -0.15) is 0 Å². The maximum Gasteiger partial charge on any atom is 0.340 e. The Morgan fingerprint density at radius 2 is 1.00 bits per heavy atom. The highest BCUT2D eigenvalue weighted by molar-refractivity contribution is 5.79. The van der Waals surface area contributed by atoms with E-state index in [1.165, 1.54) is 13.8 Å². The molecule has 12 aliphatic rings. The van der Waals surface area contributed by atoms with Gasteiger partial charge in [-0.15, -0.1) is 0 Å². The Bertz CT molecular complexity index is 3100. The van der Waals surface area contributed by atoms with E-state index < -0.39 is 286 Å². The van der Waals surface area contributed by atoms with Crippen molar-refractivity contribution < 1.29 is 178 Å². The number of aliphatic hydroxyl groups is 19. The molecule has 42 unspecified atom stereocenters. The highest BCUT2D eigenvalue weighted by atomic mass is 16.8. The van der Waals surface area contributed by atoms with Crippen LogP contribution in [0.3, 0.4) is 0 Å². The van der Waals surface area contributed by atoms with Crippen molar-refractivity contribution in [3.8, 4) is 0 Å². The van der Waals surface area contributed by atoms with E-state index in [1.807, 2.05) is 0 Å². The summed E-state index contributed by atoms with van der Waals surface area (Å²) in [6.45, 7) is 12.6. The van der Waals surface area contributed by atoms with Crippen LogP contribution in [0.5, 0.6) is 0 Å². The molecule has 36 nitrogen and oxygen atoms in total. The van der Waals surface area contributed by atoms with Gasteiger partial charge in [0, 0.05) is 0 Å². The first-order valence-corrected chi connectivity index (χ1v) is 36.9. The molecule has 4 saturated carbocycles. The molecule has 0 bridgehead atoms. The van der Waals surface area contributed by atoms with E-state index in [2.05, 4.69) is 40.7 Å². The summed E-state index contributed by atoms with van der Waals surface area (Å²) in [7, 11) is 0. The van der Waals surface area contributed by atoms with Gasteiger partial charge in [0.25, 0.3) is 0 Å². The van der Waals surface area contributed by atoms with Gasteiger partial charge in [-0.05, 0) is 117 Å². The Morgan fingerprint density at radius 1 is 0.472 bits per heavy atom. The molecular weight excluding hydrogens is 1420 g/mol. The predicted molar refractivity (Wildman–Crippen MR) is 346 cm³/mol. The van der Waals surface area contributed by atoms with Crippen LogP contribution in [0.25, 0.3) is 0 Å². The minimum atomic E-state index is -2.39. The van der Waals surface area contributed by atoms with Crippen molar-refractivity contribution in [3.63, 3.8) is 0 Å². The summed E-state index contributed by atoms with van der Waals surface area (Å²) < 4.78 is 83.5. The maximum atomic E-state index is 15.5. The van der Waals surface area contributed by atoms with E-state index in [1.54, 1.807) is 6.92 Å². The SMILES string of the molecule is CC1OC(OC(=O)C23CCC(C)(C)CC2C2=CCC4C5(C)CCC(OC6OC(C(=O)OC7OCC(O)C(O)C7O)C(O)C(OC7OC(CO)C(O)C(O)C7O)C6OC6OC(CO)C(O)C(O)C6O)C(C)(C=O)C5CCC4(C)C2(C)CC3)C(O)C(OC2OC(C)C(OC3OCC(O)C(O)C3O)C(O)C2O)C1O. The molecule has 106 heavy (non-hydrogen) atoms. The second kappa shape index (κ2) is 31.1. The van der Waals surface area contributed by atoms with E-state index in [9.17, 15) is 107 Å². The number of aliphatic hydroxyl groups excluding tert-OH is 19. The number of carbonyl (C=O) groups excluding carboxylic acids is 3. The average molecular weight is 1530 g/mol. The molecule has 12 rings (SSSR count). The van der Waals surface area contributed by atoms with Crippen molar-refractivity contribution in [2.24, 2.45) is 50.2 Å². The van der Waals surface area contributed by atoms with Crippen molar-refractivity contribution >= 4 is 18.2 Å². The van der Waals surface area contributed by atoms with Gasteiger partial charge in [0.05, 0.1) is 55.6 Å². The van der Waals surface area contributed by atoms with Crippen LogP contribution < -0.4 is 0 Å². The number of carbonyl (C=O) groups is 3. The van der Waals surface area contributed by atoms with Crippen molar-refractivity contribution in [1.29, 1.82) is 0 Å². The molecule has 0 spiro atoms. The van der Waals surface area contributed by atoms with E-state index in [0.717, 1.165) is 11.9 Å². The molecule has 0 aromatic rings. The zero-order chi connectivity index (χ0) is 77.3. The lowest BCUT2D eigenvalue weighted by molar-refractivity contribution is -0.396. The van der Waals surface area contributed by atoms with Gasteiger partial charge in [0.15, 0.2) is 37.6 Å². The van der Waals surface area contributed by atoms with Gasteiger partial charge in [0.2, 0.25) is 12.6 Å². The van der Waals surface area contributed by atoms with Crippen LogP contribution in [0.15, 0.2) is 11.6 Å². The van der Waals surface area contributed by atoms with Gasteiger partial charge in [-0.25, -0.2) is 4.79 Å². The Labute approximate surface area is 610 Å². The van der Waals surface area contributed by atoms with Gasteiger partial charge in [0.1, 0.15) is 147 Å². The lowest BCUT2D eigenvalue weighted by Gasteiger charge is -2.71. The highest BCUT2D eigenvalue weighted by Crippen LogP contribution is 2.76. The van der Waals surface area contributed by atoms with Gasteiger partial charge < -0.3 is 168 Å². The Morgan fingerprint density at radius 3 is 1.60 bits per heavy atom. The Hall–Kier alpha value is -2.89. The third-order valence-electron chi connectivity index (χ3n) is 26.8. The molecule has 5 aliphatic carbocycles. The summed E-state index contributed by atoms with van der Waals surface area (Å²) in [5.74, 6) is -3.22. The third kappa shape index (κ3) is 14.2. The molecule has 11 fully saturated rings. The topological polar surface area (TPSA) is 565 Å². The summed E-state index contributed by atoms with van der Waals surface area (Å²) in [5, 5.41) is 208. The number of fused-ring (bicyclic) bond motifs is 7. The smallest absolute Gasteiger partial charge is 0.340 e. The summed E-state index contributed by atoms with van der Waals surface area (Å²) in [6, 6.07) is 0. The Kier molecular flexibility index (Phi) is 24.3. The van der Waals surface area contributed by atoms with Crippen LogP contribution in [-0.4, -0.2) is 351 Å². The lowest BCUT2D eigenvalue weighted by atomic mass is 9.33. The fraction of sp³-hybridized carbons (Fsp3) is 0.929. The van der Waals surface area contributed by atoms with Gasteiger partial charge in [-0.1, -0.05) is 53.2 Å². The molecule has 7 aliphatic heterocycles. The van der Waals surface area contributed by atoms with Crippen molar-refractivity contribution in [1.82, 2.24) is 0 Å². The minimum Gasteiger partial charge on any atom is -0.432 e. The van der Waals surface area contributed by atoms with Crippen LogP contribution in [0.1, 0.15) is 120 Å². The minimum absolute atomic E-state index is 0.0710. The zero-order valence-corrected chi connectivity index (χ0v) is 60.4. The standard InChI is InChI=1S/C70H110O36/c1-25-36(76)52(101-59-48(88)43(83)51(26(2)96-59)100-57-44(84)37(77)29(74)22-93-57)50(90)62(95-25)106-64(92)70-17-15-65(3,4)19-28(70)27-9-10-34-66(5)13-12-35(67(6,24-73)33(66)11-14-69(34,8)68(27,7)16-18-70)99-63-55(104-61-47(87)42(82)40(80)32(21-72)98-61)53(102-60-46(86)41(81)39(79)31(20-71)97-60)49(89)54(103-63)56(91)105-58-45(85)38(78)30(75)23-94-58/h9,24-26,28-55,57-63,71-72,74-90H,10-23H2,1-8H3. The second-order valence-corrected chi connectivity index (χ2v) is 33.5. The Balaban J connectivity index is 0.806. The van der Waals surface area contributed by atoms with Crippen LogP contribution in [0.2, 0.25) is 0 Å². The van der Waals surface area contributed by atoms with Crippen molar-refractivity contribution in [2.75, 3.05) is 26.4 Å². The third-order valence-corrected chi connectivity index (χ3v) is 26.8. The van der Waals surface area contributed by atoms with Gasteiger partial charge in [-0.3, -0.25) is 4.79 Å². The van der Waals surface area contributed by atoms with Crippen LogP contribution in [0, 0.1) is 50.2 Å². The van der Waals surface area contributed by atoms with E-state index in [-0.39, 0.29) is 17.8 Å². The number of esters is 2. The molecule has 42 atom stereocenters. The fourth-order valence-corrected chi connectivity index (χ4v) is 20.0. The molecule has 7 heterocycles. The zero-order valence-electron chi connectivity index (χ0n) is 60.4. The number of rotatable bonds is 17. The molecule has 7 saturated heterocycles. The van der Waals surface area contributed by atoms with E-state index >= 15 is 4.79 Å². The quantitative estimate of drug-likeness (QED) is 0.0279. The van der Waals surface area contributed by atoms with E-state index in [0.29, 0.717) is 57.8 Å². The van der Waals surface area contributed by atoms with Gasteiger partial charge >= 0.3 is 11.9 Å². The summed E-state index contributed by atoms with van der Waals surface area (Å²) in [5.41, 5.74) is -3.62. The van der Waals surface area contributed by atoms with Crippen LogP contribution >= 0.6 is 0 Å². The molecule has 0 radical (unpaired) electrons. The number of ether oxygens (including phenoxy) is 14. The van der Waals surface area contributed by atoms with E-state index in [4.69, 9.17) is 66.3 Å². The average Bonchev–Trinajstić information content (AvgIpc) is 0.673. The predicted octanol–water partition coefficient (Wildman–Crippen LogP) is -6.52. The fourth-order valence-electron chi connectivity index (χ4n) is 20.0. The largest absolute Gasteiger partial charge is 0.432 e.